The lowest BCUT2D eigenvalue weighted by Gasteiger charge is -2.06. The number of aromatic amines is 1. The summed E-state index contributed by atoms with van der Waals surface area (Å²) in [5.74, 6) is 0. The molecule has 0 aliphatic heterocycles. The third-order valence-corrected chi connectivity index (χ3v) is 3.20. The number of benzene rings is 2. The highest BCUT2D eigenvalue weighted by molar-refractivity contribution is 5.78. The number of aromatic nitrogens is 2. The molecule has 0 atom stereocenters. The maximum atomic E-state index is 12.3. The number of nitrogens with zero attached hydrogens (tertiary/aromatic N) is 1. The summed E-state index contributed by atoms with van der Waals surface area (Å²) in [5, 5.41) is 3.87. The van der Waals surface area contributed by atoms with E-state index >= 15 is 0 Å². The summed E-state index contributed by atoms with van der Waals surface area (Å²) in [5.41, 5.74) is 3.99. The van der Waals surface area contributed by atoms with Gasteiger partial charge in [0.2, 0.25) is 0 Å². The van der Waals surface area contributed by atoms with Crippen LogP contribution in [0.15, 0.2) is 47.3 Å². The Morgan fingerprint density at radius 3 is 2.61 bits per heavy atom. The number of hydrogen-bond donors (Lipinski definition) is 1. The van der Waals surface area contributed by atoms with Gasteiger partial charge in [0.15, 0.2) is 0 Å². The molecular weight excluding hydrogens is 224 g/mol. The van der Waals surface area contributed by atoms with Gasteiger partial charge in [-0.05, 0) is 43.2 Å². The Balaban J connectivity index is 2.35. The van der Waals surface area contributed by atoms with Gasteiger partial charge in [0.25, 0.3) is 5.56 Å². The molecule has 0 bridgehead atoms. The van der Waals surface area contributed by atoms with E-state index in [0.29, 0.717) is 0 Å². The summed E-state index contributed by atoms with van der Waals surface area (Å²) in [4.78, 5) is 12.3. The Bertz CT molecular complexity index is 781. The highest BCUT2D eigenvalue weighted by atomic mass is 16.1. The molecule has 1 N–H and O–H groups in total. The molecule has 0 spiro atoms. The standard InChI is InChI=1S/C15H14N2O/c1-10-7-8-11(2)14(9-10)17-15(18)12-5-3-4-6-13(12)16-17/h3-9,16H,1-2H3. The van der Waals surface area contributed by atoms with Crippen molar-refractivity contribution in [3.63, 3.8) is 0 Å². The second-order valence-corrected chi connectivity index (χ2v) is 4.59. The molecule has 1 heterocycles. The van der Waals surface area contributed by atoms with Crippen LogP contribution in [0.3, 0.4) is 0 Å². The van der Waals surface area contributed by atoms with Gasteiger partial charge in [0, 0.05) is 0 Å². The van der Waals surface area contributed by atoms with Crippen LogP contribution < -0.4 is 5.56 Å². The van der Waals surface area contributed by atoms with Crippen molar-refractivity contribution >= 4 is 10.9 Å². The van der Waals surface area contributed by atoms with E-state index in [9.17, 15) is 4.79 Å². The van der Waals surface area contributed by atoms with Crippen molar-refractivity contribution in [1.29, 1.82) is 0 Å². The van der Waals surface area contributed by atoms with Crippen LogP contribution in [-0.2, 0) is 0 Å². The summed E-state index contributed by atoms with van der Waals surface area (Å²) < 4.78 is 1.62. The van der Waals surface area contributed by atoms with E-state index in [4.69, 9.17) is 0 Å². The Morgan fingerprint density at radius 2 is 1.83 bits per heavy atom. The van der Waals surface area contributed by atoms with Gasteiger partial charge in [-0.1, -0.05) is 24.3 Å². The average molecular weight is 238 g/mol. The first-order valence-electron chi connectivity index (χ1n) is 5.94. The molecule has 3 nitrogen and oxygen atoms in total. The zero-order valence-corrected chi connectivity index (χ0v) is 10.4. The first-order valence-corrected chi connectivity index (χ1v) is 5.94. The molecule has 3 rings (SSSR count). The lowest BCUT2D eigenvalue weighted by atomic mass is 10.1. The number of aryl methyl sites for hydroxylation is 2. The minimum Gasteiger partial charge on any atom is -0.290 e. The summed E-state index contributed by atoms with van der Waals surface area (Å²) >= 11 is 0. The summed E-state index contributed by atoms with van der Waals surface area (Å²) in [7, 11) is 0. The maximum absolute atomic E-state index is 12.3. The summed E-state index contributed by atoms with van der Waals surface area (Å²) in [6.07, 6.45) is 0. The van der Waals surface area contributed by atoms with E-state index in [0.717, 1.165) is 27.7 Å². The number of nitrogens with one attached hydrogen (secondary N) is 1. The first kappa shape index (κ1) is 10.8. The SMILES string of the molecule is Cc1ccc(C)c(-n2[nH]c3ccccc3c2=O)c1. The van der Waals surface area contributed by atoms with Crippen LogP contribution in [0.5, 0.6) is 0 Å². The van der Waals surface area contributed by atoms with Crippen molar-refractivity contribution in [1.82, 2.24) is 9.78 Å². The molecule has 2 aromatic carbocycles. The van der Waals surface area contributed by atoms with Crippen molar-refractivity contribution in [2.75, 3.05) is 0 Å². The molecule has 0 radical (unpaired) electrons. The van der Waals surface area contributed by atoms with E-state index in [-0.39, 0.29) is 5.56 Å². The van der Waals surface area contributed by atoms with Gasteiger partial charge in [-0.2, -0.15) is 0 Å². The zero-order valence-electron chi connectivity index (χ0n) is 10.4. The van der Waals surface area contributed by atoms with Crippen molar-refractivity contribution in [2.45, 2.75) is 13.8 Å². The normalized spacial score (nSPS) is 11.0. The van der Waals surface area contributed by atoms with E-state index in [2.05, 4.69) is 5.10 Å². The lowest BCUT2D eigenvalue weighted by molar-refractivity contribution is 0.855. The van der Waals surface area contributed by atoms with Crippen molar-refractivity contribution in [3.05, 3.63) is 63.9 Å². The Hall–Kier alpha value is -2.29. The second-order valence-electron chi connectivity index (χ2n) is 4.59. The molecule has 0 aliphatic rings. The Labute approximate surface area is 105 Å². The molecule has 0 unspecified atom stereocenters. The monoisotopic (exact) mass is 238 g/mol. The van der Waals surface area contributed by atoms with E-state index < -0.39 is 0 Å². The molecule has 0 amide bonds. The van der Waals surface area contributed by atoms with Crippen LogP contribution in [0, 0.1) is 13.8 Å². The molecule has 18 heavy (non-hydrogen) atoms. The van der Waals surface area contributed by atoms with Gasteiger partial charge in [0.1, 0.15) is 0 Å². The largest absolute Gasteiger partial charge is 0.290 e. The quantitative estimate of drug-likeness (QED) is 0.695. The average Bonchev–Trinajstić information content (AvgIpc) is 2.71. The topological polar surface area (TPSA) is 37.8 Å². The first-order chi connectivity index (χ1) is 8.66. The molecule has 0 fully saturated rings. The Kier molecular flexibility index (Phi) is 2.33. The molecule has 3 heteroatoms. The third-order valence-electron chi connectivity index (χ3n) is 3.20. The van der Waals surface area contributed by atoms with Crippen LogP contribution in [0.1, 0.15) is 11.1 Å². The molecular formula is C15H14N2O. The molecule has 0 saturated heterocycles. The van der Waals surface area contributed by atoms with Gasteiger partial charge in [0.05, 0.1) is 16.6 Å². The van der Waals surface area contributed by atoms with Gasteiger partial charge in [-0.3, -0.25) is 9.89 Å². The number of H-pyrrole nitrogens is 1. The molecule has 90 valence electrons. The van der Waals surface area contributed by atoms with E-state index in [1.807, 2.05) is 56.3 Å². The molecule has 1 aromatic heterocycles. The predicted molar refractivity (Wildman–Crippen MR) is 73.4 cm³/mol. The maximum Gasteiger partial charge on any atom is 0.279 e. The molecule has 3 aromatic rings. The minimum atomic E-state index is -0.000648. The predicted octanol–water partition coefficient (Wildman–Crippen LogP) is 2.94. The van der Waals surface area contributed by atoms with Crippen molar-refractivity contribution < 1.29 is 0 Å². The fraction of sp³-hybridized carbons (Fsp3) is 0.133. The van der Waals surface area contributed by atoms with Crippen LogP contribution in [-0.4, -0.2) is 9.78 Å². The fourth-order valence-electron chi connectivity index (χ4n) is 2.19. The van der Waals surface area contributed by atoms with E-state index in [1.165, 1.54) is 0 Å². The smallest absolute Gasteiger partial charge is 0.279 e. The van der Waals surface area contributed by atoms with Crippen molar-refractivity contribution in [3.8, 4) is 5.69 Å². The van der Waals surface area contributed by atoms with E-state index in [1.54, 1.807) is 4.68 Å². The number of fused-ring (bicyclic) bond motifs is 1. The van der Waals surface area contributed by atoms with Gasteiger partial charge >= 0.3 is 0 Å². The fourth-order valence-corrected chi connectivity index (χ4v) is 2.19. The lowest BCUT2D eigenvalue weighted by Crippen LogP contribution is -2.15. The second kappa shape index (κ2) is 3.88. The van der Waals surface area contributed by atoms with Gasteiger partial charge in [-0.25, -0.2) is 4.68 Å². The highest BCUT2D eigenvalue weighted by Gasteiger charge is 2.09. The molecule has 0 aliphatic carbocycles. The Morgan fingerprint density at radius 1 is 1.06 bits per heavy atom. The minimum absolute atomic E-state index is 0.000648. The van der Waals surface area contributed by atoms with Gasteiger partial charge in [-0.15, -0.1) is 0 Å². The summed E-state index contributed by atoms with van der Waals surface area (Å²) in [6.45, 7) is 4.03. The zero-order chi connectivity index (χ0) is 12.7. The number of para-hydroxylation sites is 1. The van der Waals surface area contributed by atoms with Crippen LogP contribution in [0.25, 0.3) is 16.6 Å². The highest BCUT2D eigenvalue weighted by Crippen LogP contribution is 2.15. The van der Waals surface area contributed by atoms with Crippen LogP contribution in [0.2, 0.25) is 0 Å². The molecule has 0 saturated carbocycles. The third kappa shape index (κ3) is 1.56. The van der Waals surface area contributed by atoms with Crippen molar-refractivity contribution in [2.24, 2.45) is 0 Å². The van der Waals surface area contributed by atoms with Crippen LogP contribution in [0.4, 0.5) is 0 Å². The summed E-state index contributed by atoms with van der Waals surface area (Å²) in [6, 6.07) is 13.7. The number of hydrogen-bond acceptors (Lipinski definition) is 1. The van der Waals surface area contributed by atoms with Gasteiger partial charge < -0.3 is 0 Å². The number of rotatable bonds is 1. The van der Waals surface area contributed by atoms with Crippen LogP contribution >= 0.6 is 0 Å².